The zero-order chi connectivity index (χ0) is 22.8. The van der Waals surface area contributed by atoms with E-state index in [1.807, 2.05) is 16.3 Å². The molecule has 0 spiro atoms. The number of benzene rings is 1. The molecule has 1 aromatic carbocycles. The van der Waals surface area contributed by atoms with Gasteiger partial charge < -0.3 is 4.90 Å². The maximum Gasteiger partial charge on any atom is 0.312 e. The van der Waals surface area contributed by atoms with E-state index in [9.17, 15) is 14.9 Å². The molecule has 32 heavy (non-hydrogen) atoms. The van der Waals surface area contributed by atoms with E-state index in [1.54, 1.807) is 18.5 Å². The Morgan fingerprint density at radius 3 is 2.38 bits per heavy atom. The number of piperazine rings is 1. The van der Waals surface area contributed by atoms with Crippen molar-refractivity contribution in [2.24, 2.45) is 0 Å². The van der Waals surface area contributed by atoms with Crippen LogP contribution >= 0.6 is 11.3 Å². The molecule has 1 saturated heterocycles. The number of amides is 1. The van der Waals surface area contributed by atoms with E-state index in [2.05, 4.69) is 41.2 Å². The Balaban J connectivity index is 1.35. The highest BCUT2D eigenvalue weighted by Gasteiger charge is 2.25. The third-order valence-electron chi connectivity index (χ3n) is 5.91. The van der Waals surface area contributed by atoms with Gasteiger partial charge in [0.1, 0.15) is 11.4 Å². The SMILES string of the molecule is Cc1ccc(CN2CCN(C(=O)c3cc(Cn4nc(C)c([N+](=O)[O-])c4C)cs3)CC2)cc1. The molecular weight excluding hydrogens is 426 g/mol. The maximum atomic E-state index is 13.0. The van der Waals surface area contributed by atoms with Crippen molar-refractivity contribution in [3.05, 3.63) is 78.8 Å². The van der Waals surface area contributed by atoms with Gasteiger partial charge in [-0.1, -0.05) is 29.8 Å². The predicted molar refractivity (Wildman–Crippen MR) is 124 cm³/mol. The topological polar surface area (TPSA) is 84.5 Å². The quantitative estimate of drug-likeness (QED) is 0.419. The molecule has 0 unspecified atom stereocenters. The van der Waals surface area contributed by atoms with Crippen molar-refractivity contribution in [2.75, 3.05) is 26.2 Å². The molecule has 0 aliphatic carbocycles. The normalized spacial score (nSPS) is 14.7. The van der Waals surface area contributed by atoms with Crippen LogP contribution in [0, 0.1) is 30.9 Å². The van der Waals surface area contributed by atoms with Crippen LogP contribution in [0.25, 0.3) is 0 Å². The number of carbonyl (C=O) groups excluding carboxylic acids is 1. The number of carbonyl (C=O) groups is 1. The summed E-state index contributed by atoms with van der Waals surface area (Å²) in [6.45, 7) is 9.87. The summed E-state index contributed by atoms with van der Waals surface area (Å²) in [5.74, 6) is 0.0515. The van der Waals surface area contributed by atoms with Crippen LogP contribution in [-0.2, 0) is 13.1 Å². The summed E-state index contributed by atoms with van der Waals surface area (Å²) >= 11 is 1.42. The van der Waals surface area contributed by atoms with E-state index in [1.165, 1.54) is 22.5 Å². The molecule has 3 heterocycles. The van der Waals surface area contributed by atoms with Gasteiger partial charge in [-0.2, -0.15) is 5.10 Å². The summed E-state index contributed by atoms with van der Waals surface area (Å²) in [4.78, 5) is 28.8. The van der Waals surface area contributed by atoms with Crippen molar-refractivity contribution in [1.82, 2.24) is 19.6 Å². The zero-order valence-corrected chi connectivity index (χ0v) is 19.4. The van der Waals surface area contributed by atoms with Gasteiger partial charge in [-0.05, 0) is 43.3 Å². The van der Waals surface area contributed by atoms with Gasteiger partial charge in [0, 0.05) is 32.7 Å². The van der Waals surface area contributed by atoms with Crippen LogP contribution in [0.3, 0.4) is 0 Å². The summed E-state index contributed by atoms with van der Waals surface area (Å²) in [6.07, 6.45) is 0. The fourth-order valence-electron chi connectivity index (χ4n) is 4.07. The molecule has 1 fully saturated rings. The van der Waals surface area contributed by atoms with Crippen LogP contribution in [-0.4, -0.2) is 56.6 Å². The lowest BCUT2D eigenvalue weighted by molar-refractivity contribution is -0.386. The maximum absolute atomic E-state index is 13.0. The largest absolute Gasteiger partial charge is 0.335 e. The average molecular weight is 454 g/mol. The minimum atomic E-state index is -0.394. The second-order valence-electron chi connectivity index (χ2n) is 8.31. The van der Waals surface area contributed by atoms with Gasteiger partial charge in [-0.3, -0.25) is 24.5 Å². The van der Waals surface area contributed by atoms with Crippen LogP contribution in [0.15, 0.2) is 35.7 Å². The van der Waals surface area contributed by atoms with Gasteiger partial charge in [0.15, 0.2) is 0 Å². The molecule has 0 saturated carbocycles. The standard InChI is InChI=1S/C23H27N5O3S/c1-16-4-6-19(7-5-16)13-25-8-10-26(11-9-25)23(29)21-12-20(15-32-21)14-27-18(3)22(28(30)31)17(2)24-27/h4-7,12,15H,8-11,13-14H2,1-3H3. The van der Waals surface area contributed by atoms with Crippen molar-refractivity contribution in [3.63, 3.8) is 0 Å². The van der Waals surface area contributed by atoms with Crippen molar-refractivity contribution < 1.29 is 9.72 Å². The second kappa shape index (κ2) is 9.22. The Morgan fingerprint density at radius 1 is 1.06 bits per heavy atom. The fraction of sp³-hybridized carbons (Fsp3) is 0.391. The van der Waals surface area contributed by atoms with Crippen LogP contribution in [0.4, 0.5) is 5.69 Å². The first kappa shape index (κ1) is 22.2. The lowest BCUT2D eigenvalue weighted by Gasteiger charge is -2.34. The molecular formula is C23H27N5O3S. The number of rotatable bonds is 6. The number of nitro groups is 1. The molecule has 168 valence electrons. The number of thiophene rings is 1. The van der Waals surface area contributed by atoms with E-state index >= 15 is 0 Å². The summed E-state index contributed by atoms with van der Waals surface area (Å²) in [5, 5.41) is 17.4. The third-order valence-corrected chi connectivity index (χ3v) is 6.88. The molecule has 0 N–H and O–H groups in total. The van der Waals surface area contributed by atoms with Gasteiger partial charge in [-0.15, -0.1) is 11.3 Å². The van der Waals surface area contributed by atoms with E-state index in [0.717, 1.165) is 25.2 Å². The highest BCUT2D eigenvalue weighted by atomic mass is 32.1. The summed E-state index contributed by atoms with van der Waals surface area (Å²) in [5.41, 5.74) is 4.47. The zero-order valence-electron chi connectivity index (χ0n) is 18.6. The molecule has 0 radical (unpaired) electrons. The van der Waals surface area contributed by atoms with Crippen LogP contribution in [0.1, 0.15) is 37.7 Å². The lowest BCUT2D eigenvalue weighted by atomic mass is 10.1. The van der Waals surface area contributed by atoms with E-state index in [4.69, 9.17) is 0 Å². The van der Waals surface area contributed by atoms with Crippen LogP contribution < -0.4 is 0 Å². The number of aryl methyl sites for hydroxylation is 2. The molecule has 2 aromatic heterocycles. The molecule has 3 aromatic rings. The summed E-state index contributed by atoms with van der Waals surface area (Å²) < 4.78 is 1.63. The molecule has 9 heteroatoms. The Bertz CT molecular complexity index is 1130. The Kier molecular flexibility index (Phi) is 6.38. The summed E-state index contributed by atoms with van der Waals surface area (Å²) in [6, 6.07) is 10.5. The highest BCUT2D eigenvalue weighted by molar-refractivity contribution is 7.12. The van der Waals surface area contributed by atoms with Gasteiger partial charge in [0.05, 0.1) is 16.3 Å². The van der Waals surface area contributed by atoms with E-state index in [-0.39, 0.29) is 11.6 Å². The number of aromatic nitrogens is 2. The predicted octanol–water partition coefficient (Wildman–Crippen LogP) is 3.78. The molecule has 4 rings (SSSR count). The van der Waals surface area contributed by atoms with Crippen LogP contribution in [0.5, 0.6) is 0 Å². The monoisotopic (exact) mass is 453 g/mol. The van der Waals surface area contributed by atoms with Crippen molar-refractivity contribution in [2.45, 2.75) is 33.9 Å². The van der Waals surface area contributed by atoms with Crippen molar-refractivity contribution in [1.29, 1.82) is 0 Å². The van der Waals surface area contributed by atoms with Crippen molar-refractivity contribution in [3.8, 4) is 0 Å². The third kappa shape index (κ3) is 4.73. The number of nitrogens with zero attached hydrogens (tertiary/aromatic N) is 5. The van der Waals surface area contributed by atoms with Gasteiger partial charge >= 0.3 is 5.69 Å². The van der Waals surface area contributed by atoms with E-state index in [0.29, 0.717) is 35.9 Å². The van der Waals surface area contributed by atoms with Crippen molar-refractivity contribution >= 4 is 22.9 Å². The van der Waals surface area contributed by atoms with Gasteiger partial charge in [-0.25, -0.2) is 0 Å². The first-order valence-electron chi connectivity index (χ1n) is 10.6. The fourth-order valence-corrected chi connectivity index (χ4v) is 4.94. The van der Waals surface area contributed by atoms with Gasteiger partial charge in [0.2, 0.25) is 0 Å². The first-order valence-corrected chi connectivity index (χ1v) is 11.5. The molecule has 0 atom stereocenters. The minimum absolute atomic E-state index is 0.0515. The average Bonchev–Trinajstić information content (AvgIpc) is 3.34. The Morgan fingerprint density at radius 2 is 1.75 bits per heavy atom. The minimum Gasteiger partial charge on any atom is -0.335 e. The molecule has 1 amide bonds. The van der Waals surface area contributed by atoms with E-state index < -0.39 is 4.92 Å². The smallest absolute Gasteiger partial charge is 0.312 e. The Labute approximate surface area is 191 Å². The highest BCUT2D eigenvalue weighted by Crippen LogP contribution is 2.24. The molecule has 8 nitrogen and oxygen atoms in total. The number of hydrogen-bond donors (Lipinski definition) is 0. The second-order valence-corrected chi connectivity index (χ2v) is 9.22. The number of hydrogen-bond acceptors (Lipinski definition) is 6. The first-order chi connectivity index (χ1) is 15.3. The Hall–Kier alpha value is -3.04. The molecule has 0 bridgehead atoms. The molecule has 1 aliphatic heterocycles. The molecule has 1 aliphatic rings. The lowest BCUT2D eigenvalue weighted by Crippen LogP contribution is -2.48. The van der Waals surface area contributed by atoms with Gasteiger partial charge in [0.25, 0.3) is 5.91 Å². The summed E-state index contributed by atoms with van der Waals surface area (Å²) in [7, 11) is 0. The van der Waals surface area contributed by atoms with Crippen LogP contribution in [0.2, 0.25) is 0 Å².